The fourth-order valence-corrected chi connectivity index (χ4v) is 3.27. The first-order valence-electron chi connectivity index (χ1n) is 8.29. The number of hydrogen-bond acceptors (Lipinski definition) is 4. The number of sulfonamides is 1. The number of aliphatic imine (C=N–C) groups is 1. The lowest BCUT2D eigenvalue weighted by molar-refractivity contribution is 0.281. The monoisotopic (exact) mass is 498 g/mol. The van der Waals surface area contributed by atoms with E-state index >= 15 is 0 Å². The molecule has 0 aliphatic carbocycles. The minimum Gasteiger partial charge on any atom is -0.492 e. The van der Waals surface area contributed by atoms with Gasteiger partial charge < -0.3 is 15.0 Å². The van der Waals surface area contributed by atoms with Crippen LogP contribution in [0.15, 0.2) is 35.3 Å². The van der Waals surface area contributed by atoms with Crippen molar-refractivity contribution in [1.29, 1.82) is 0 Å². The van der Waals surface area contributed by atoms with Crippen LogP contribution >= 0.6 is 24.0 Å². The molecule has 26 heavy (non-hydrogen) atoms. The smallest absolute Gasteiger partial charge is 0.209 e. The second-order valence-corrected chi connectivity index (χ2v) is 8.26. The molecular formula is C17H31IN4O3S. The van der Waals surface area contributed by atoms with Gasteiger partial charge in [-0.2, -0.15) is 0 Å². The first kappa shape index (κ1) is 24.9. The summed E-state index contributed by atoms with van der Waals surface area (Å²) >= 11 is 0. The van der Waals surface area contributed by atoms with E-state index in [4.69, 9.17) is 4.74 Å². The van der Waals surface area contributed by atoms with Crippen molar-refractivity contribution in [3.05, 3.63) is 30.3 Å². The Bertz CT molecular complexity index is 651. The van der Waals surface area contributed by atoms with Gasteiger partial charge >= 0.3 is 0 Å². The second kappa shape index (κ2) is 11.6. The van der Waals surface area contributed by atoms with E-state index in [0.717, 1.165) is 18.6 Å². The summed E-state index contributed by atoms with van der Waals surface area (Å²) in [5.74, 6) is 1.54. The van der Waals surface area contributed by atoms with Crippen molar-refractivity contribution in [2.24, 2.45) is 4.99 Å². The topological polar surface area (TPSA) is 83.0 Å². The zero-order chi connectivity index (χ0) is 18.9. The molecule has 9 heteroatoms. The van der Waals surface area contributed by atoms with Crippen LogP contribution in [0, 0.1) is 0 Å². The molecule has 0 saturated carbocycles. The van der Waals surface area contributed by atoms with E-state index in [-0.39, 0.29) is 24.0 Å². The summed E-state index contributed by atoms with van der Waals surface area (Å²) in [6, 6.07) is 9.64. The van der Waals surface area contributed by atoms with Crippen LogP contribution in [0.3, 0.4) is 0 Å². The third-order valence-corrected chi connectivity index (χ3v) is 4.14. The van der Waals surface area contributed by atoms with Crippen LogP contribution in [0.25, 0.3) is 0 Å². The standard InChI is InChI=1S/C17H30N4O3S.HI/c1-6-18-16(19-14-17(2,3)20-25(5,22)23)21(4)12-13-24-15-10-8-7-9-11-15;/h7-11,20H,6,12-14H2,1-5H3,(H,18,19);1H. The van der Waals surface area contributed by atoms with E-state index in [1.165, 1.54) is 0 Å². The molecule has 0 fully saturated rings. The number of rotatable bonds is 9. The van der Waals surface area contributed by atoms with Gasteiger partial charge in [-0.25, -0.2) is 13.1 Å². The molecule has 7 nitrogen and oxygen atoms in total. The van der Waals surface area contributed by atoms with Crippen LogP contribution in [-0.2, 0) is 10.0 Å². The van der Waals surface area contributed by atoms with E-state index in [0.29, 0.717) is 25.7 Å². The second-order valence-electron chi connectivity index (χ2n) is 6.51. The zero-order valence-corrected chi connectivity index (χ0v) is 19.3. The third kappa shape index (κ3) is 10.8. The number of nitrogens with zero attached hydrogens (tertiary/aromatic N) is 2. The molecule has 0 aromatic heterocycles. The molecular weight excluding hydrogens is 467 g/mol. The van der Waals surface area contributed by atoms with Gasteiger partial charge in [0.1, 0.15) is 12.4 Å². The van der Waals surface area contributed by atoms with Gasteiger partial charge in [0.15, 0.2) is 5.96 Å². The van der Waals surface area contributed by atoms with Crippen molar-refractivity contribution < 1.29 is 13.2 Å². The Kier molecular flexibility index (Phi) is 11.1. The average Bonchev–Trinajstić information content (AvgIpc) is 2.50. The number of ether oxygens (including phenoxy) is 1. The fraction of sp³-hybridized carbons (Fsp3) is 0.588. The van der Waals surface area contributed by atoms with Crippen LogP contribution in [-0.4, -0.2) is 64.4 Å². The summed E-state index contributed by atoms with van der Waals surface area (Å²) in [4.78, 5) is 6.51. The molecule has 0 aliphatic heterocycles. The highest BCUT2D eigenvalue weighted by atomic mass is 127. The average molecular weight is 498 g/mol. The summed E-state index contributed by atoms with van der Waals surface area (Å²) in [6.07, 6.45) is 1.15. The van der Waals surface area contributed by atoms with Crippen LogP contribution in [0.2, 0.25) is 0 Å². The maximum atomic E-state index is 11.4. The predicted octanol–water partition coefficient (Wildman–Crippen LogP) is 1.91. The number of para-hydroxylation sites is 1. The van der Waals surface area contributed by atoms with Crippen LogP contribution in [0.1, 0.15) is 20.8 Å². The van der Waals surface area contributed by atoms with Crippen LogP contribution in [0.4, 0.5) is 0 Å². The van der Waals surface area contributed by atoms with E-state index in [1.54, 1.807) is 13.8 Å². The molecule has 1 rings (SSSR count). The van der Waals surface area contributed by atoms with Crippen molar-refractivity contribution in [1.82, 2.24) is 14.9 Å². The van der Waals surface area contributed by atoms with Gasteiger partial charge in [-0.05, 0) is 32.9 Å². The molecule has 0 aliphatic rings. The number of guanidine groups is 1. The molecule has 0 unspecified atom stereocenters. The summed E-state index contributed by atoms with van der Waals surface area (Å²) in [6.45, 7) is 7.83. The van der Waals surface area contributed by atoms with Gasteiger partial charge in [-0.1, -0.05) is 18.2 Å². The number of benzene rings is 1. The highest BCUT2D eigenvalue weighted by Gasteiger charge is 2.22. The van der Waals surface area contributed by atoms with Crippen molar-refractivity contribution >= 4 is 40.0 Å². The normalized spacial score (nSPS) is 12.3. The lowest BCUT2D eigenvalue weighted by Crippen LogP contribution is -2.47. The number of halogens is 1. The number of hydrogen-bond donors (Lipinski definition) is 2. The van der Waals surface area contributed by atoms with Gasteiger partial charge in [0.2, 0.25) is 10.0 Å². The van der Waals surface area contributed by atoms with E-state index < -0.39 is 15.6 Å². The Hall–Kier alpha value is -1.07. The molecule has 1 aromatic carbocycles. The summed E-state index contributed by atoms with van der Waals surface area (Å²) in [5, 5.41) is 3.21. The molecule has 0 bridgehead atoms. The number of likely N-dealkylation sites (N-methyl/N-ethyl adjacent to an activating group) is 1. The summed E-state index contributed by atoms with van der Waals surface area (Å²) in [5.41, 5.74) is -0.657. The molecule has 0 radical (unpaired) electrons. The maximum absolute atomic E-state index is 11.4. The Morgan fingerprint density at radius 3 is 2.42 bits per heavy atom. The van der Waals surface area contributed by atoms with E-state index in [2.05, 4.69) is 15.0 Å². The summed E-state index contributed by atoms with van der Waals surface area (Å²) in [7, 11) is -1.36. The molecule has 150 valence electrons. The van der Waals surface area contributed by atoms with Gasteiger partial charge in [-0.15, -0.1) is 24.0 Å². The molecule has 0 spiro atoms. The highest BCUT2D eigenvalue weighted by Crippen LogP contribution is 2.08. The van der Waals surface area contributed by atoms with Crippen LogP contribution in [0.5, 0.6) is 5.75 Å². The van der Waals surface area contributed by atoms with Crippen molar-refractivity contribution in [2.45, 2.75) is 26.3 Å². The maximum Gasteiger partial charge on any atom is 0.209 e. The van der Waals surface area contributed by atoms with Gasteiger partial charge in [0.25, 0.3) is 0 Å². The first-order valence-corrected chi connectivity index (χ1v) is 10.2. The third-order valence-electron chi connectivity index (χ3n) is 3.22. The Morgan fingerprint density at radius 1 is 1.27 bits per heavy atom. The molecule has 0 atom stereocenters. The minimum atomic E-state index is -3.28. The highest BCUT2D eigenvalue weighted by molar-refractivity contribution is 14.0. The minimum absolute atomic E-state index is 0. The fourth-order valence-electron chi connectivity index (χ4n) is 2.20. The predicted molar refractivity (Wildman–Crippen MR) is 118 cm³/mol. The summed E-state index contributed by atoms with van der Waals surface area (Å²) < 4.78 is 31.1. The van der Waals surface area contributed by atoms with E-state index in [1.807, 2.05) is 49.2 Å². The van der Waals surface area contributed by atoms with Gasteiger partial charge in [-0.3, -0.25) is 4.99 Å². The molecule has 0 saturated heterocycles. The quantitative estimate of drug-likeness (QED) is 0.309. The Balaban J connectivity index is 0.00000625. The molecule has 0 heterocycles. The largest absolute Gasteiger partial charge is 0.492 e. The molecule has 2 N–H and O–H groups in total. The molecule has 0 amide bonds. The zero-order valence-electron chi connectivity index (χ0n) is 16.2. The first-order chi connectivity index (χ1) is 11.6. The van der Waals surface area contributed by atoms with Crippen molar-refractivity contribution in [3.63, 3.8) is 0 Å². The molecule has 1 aromatic rings. The number of nitrogens with one attached hydrogen (secondary N) is 2. The lowest BCUT2D eigenvalue weighted by atomic mass is 10.1. The lowest BCUT2D eigenvalue weighted by Gasteiger charge is -2.26. The van der Waals surface area contributed by atoms with Crippen LogP contribution < -0.4 is 14.8 Å². The Morgan fingerprint density at radius 2 is 1.88 bits per heavy atom. The van der Waals surface area contributed by atoms with Crippen molar-refractivity contribution in [2.75, 3.05) is 39.5 Å². The van der Waals surface area contributed by atoms with Gasteiger partial charge in [0, 0.05) is 19.1 Å². The Labute approximate surface area is 174 Å². The van der Waals surface area contributed by atoms with Crippen molar-refractivity contribution in [3.8, 4) is 5.75 Å². The SMILES string of the molecule is CCNC(=NCC(C)(C)NS(C)(=O)=O)N(C)CCOc1ccccc1.I. The van der Waals surface area contributed by atoms with E-state index in [9.17, 15) is 8.42 Å². The van der Waals surface area contributed by atoms with Gasteiger partial charge in [0.05, 0.1) is 19.3 Å².